The summed E-state index contributed by atoms with van der Waals surface area (Å²) in [6.07, 6.45) is 0. The average molecular weight is 259 g/mol. The van der Waals surface area contributed by atoms with Crippen LogP contribution in [0.1, 0.15) is 5.56 Å². The number of fused-ring (bicyclic) bond motifs is 1. The molecule has 0 aliphatic rings. The van der Waals surface area contributed by atoms with Crippen LogP contribution in [-0.2, 0) is 0 Å². The van der Waals surface area contributed by atoms with E-state index < -0.39 is 0 Å². The van der Waals surface area contributed by atoms with E-state index in [0.717, 1.165) is 9.90 Å². The Hall–Kier alpha value is -1.31. The summed E-state index contributed by atoms with van der Waals surface area (Å²) in [6.45, 7) is 2.09. The van der Waals surface area contributed by atoms with Gasteiger partial charge in [-0.3, -0.25) is 0 Å². The molecule has 0 amide bonds. The first-order valence-corrected chi connectivity index (χ1v) is 6.69. The molecule has 0 N–H and O–H groups in total. The molecule has 1 heterocycles. The van der Waals surface area contributed by atoms with Gasteiger partial charge in [0, 0.05) is 15.6 Å². The van der Waals surface area contributed by atoms with Crippen LogP contribution in [0, 0.1) is 6.92 Å². The number of hydrogen-bond donors (Lipinski definition) is 0. The summed E-state index contributed by atoms with van der Waals surface area (Å²) < 4.78 is 2.11. The second kappa shape index (κ2) is 4.17. The summed E-state index contributed by atoms with van der Waals surface area (Å²) in [4.78, 5) is 0. The van der Waals surface area contributed by atoms with Gasteiger partial charge in [-0.15, -0.1) is 11.3 Å². The van der Waals surface area contributed by atoms with Crippen molar-refractivity contribution in [3.05, 3.63) is 58.4 Å². The van der Waals surface area contributed by atoms with Crippen LogP contribution in [0.2, 0.25) is 4.34 Å². The van der Waals surface area contributed by atoms with Crippen LogP contribution < -0.4 is 0 Å². The monoisotopic (exact) mass is 258 g/mol. The van der Waals surface area contributed by atoms with Crippen molar-refractivity contribution in [3.8, 4) is 11.1 Å². The van der Waals surface area contributed by atoms with Crippen LogP contribution in [0.3, 0.4) is 0 Å². The minimum atomic E-state index is 0.870. The molecule has 0 saturated heterocycles. The fourth-order valence-electron chi connectivity index (χ4n) is 2.00. The molecular formula is C15H11ClS. The lowest BCUT2D eigenvalue weighted by Gasteiger charge is -2.01. The molecule has 0 unspecified atom stereocenters. The normalized spacial score (nSPS) is 10.9. The first-order valence-electron chi connectivity index (χ1n) is 5.50. The molecule has 0 fully saturated rings. The van der Waals surface area contributed by atoms with Gasteiger partial charge in [-0.25, -0.2) is 0 Å². The molecule has 0 aliphatic heterocycles. The Bertz CT molecular complexity index is 665. The number of rotatable bonds is 1. The maximum absolute atomic E-state index is 6.36. The van der Waals surface area contributed by atoms with E-state index in [1.165, 1.54) is 21.2 Å². The first kappa shape index (κ1) is 10.8. The summed E-state index contributed by atoms with van der Waals surface area (Å²) in [5, 5.41) is 1.24. The summed E-state index contributed by atoms with van der Waals surface area (Å²) >= 11 is 8.00. The maximum Gasteiger partial charge on any atom is 0.102 e. The van der Waals surface area contributed by atoms with Crippen molar-refractivity contribution >= 4 is 33.0 Å². The highest BCUT2D eigenvalue weighted by Crippen LogP contribution is 2.41. The topological polar surface area (TPSA) is 0 Å². The highest BCUT2D eigenvalue weighted by Gasteiger charge is 2.11. The molecular weight excluding hydrogens is 248 g/mol. The third-order valence-corrected chi connectivity index (χ3v) is 4.27. The molecule has 0 aliphatic carbocycles. The van der Waals surface area contributed by atoms with Crippen LogP contribution >= 0.6 is 22.9 Å². The lowest BCUT2D eigenvalue weighted by molar-refractivity contribution is 1.47. The lowest BCUT2D eigenvalue weighted by Crippen LogP contribution is -1.77. The van der Waals surface area contributed by atoms with Crippen molar-refractivity contribution in [1.82, 2.24) is 0 Å². The van der Waals surface area contributed by atoms with Gasteiger partial charge < -0.3 is 0 Å². The van der Waals surface area contributed by atoms with Crippen LogP contribution in [0.5, 0.6) is 0 Å². The molecule has 84 valence electrons. The van der Waals surface area contributed by atoms with Gasteiger partial charge in [0.15, 0.2) is 0 Å². The third kappa shape index (κ3) is 1.86. The van der Waals surface area contributed by atoms with Crippen LogP contribution in [0.25, 0.3) is 21.2 Å². The molecule has 0 atom stereocenters. The number of aryl methyl sites for hydroxylation is 1. The second-order valence-corrected chi connectivity index (χ2v) is 5.77. The van der Waals surface area contributed by atoms with Gasteiger partial charge in [0.2, 0.25) is 0 Å². The molecule has 0 radical (unpaired) electrons. The Kier molecular flexibility index (Phi) is 2.65. The minimum Gasteiger partial charge on any atom is -0.123 e. The fourth-order valence-corrected chi connectivity index (χ4v) is 3.41. The summed E-state index contributed by atoms with van der Waals surface area (Å²) in [6, 6.07) is 16.9. The Morgan fingerprint density at radius 3 is 2.41 bits per heavy atom. The van der Waals surface area contributed by atoms with Crippen molar-refractivity contribution in [3.63, 3.8) is 0 Å². The van der Waals surface area contributed by atoms with E-state index in [-0.39, 0.29) is 0 Å². The zero-order valence-corrected chi connectivity index (χ0v) is 11.0. The Morgan fingerprint density at radius 1 is 0.941 bits per heavy atom. The Morgan fingerprint density at radius 2 is 1.65 bits per heavy atom. The van der Waals surface area contributed by atoms with Crippen molar-refractivity contribution in [1.29, 1.82) is 0 Å². The number of benzene rings is 2. The molecule has 0 nitrogen and oxygen atoms in total. The largest absolute Gasteiger partial charge is 0.123 e. The zero-order chi connectivity index (χ0) is 11.8. The van der Waals surface area contributed by atoms with E-state index in [4.69, 9.17) is 11.6 Å². The number of hydrogen-bond acceptors (Lipinski definition) is 1. The second-order valence-electron chi connectivity index (χ2n) is 4.11. The van der Waals surface area contributed by atoms with Crippen LogP contribution in [-0.4, -0.2) is 0 Å². The quantitative estimate of drug-likeness (QED) is 0.538. The standard InChI is InChI=1S/C15H11ClS/c1-10-6-8-11(9-7-10)14-12-4-2-3-5-13(12)17-15(14)16/h2-9H,1H3. The van der Waals surface area contributed by atoms with Crippen molar-refractivity contribution in [2.75, 3.05) is 0 Å². The van der Waals surface area contributed by atoms with E-state index in [1.54, 1.807) is 11.3 Å². The summed E-state index contributed by atoms with van der Waals surface area (Å²) in [7, 11) is 0. The third-order valence-electron chi connectivity index (χ3n) is 2.89. The summed E-state index contributed by atoms with van der Waals surface area (Å²) in [5.74, 6) is 0. The van der Waals surface area contributed by atoms with E-state index in [1.807, 2.05) is 6.07 Å². The molecule has 17 heavy (non-hydrogen) atoms. The number of halogens is 1. The van der Waals surface area contributed by atoms with Crippen molar-refractivity contribution in [2.45, 2.75) is 6.92 Å². The molecule has 3 aromatic rings. The molecule has 0 saturated carbocycles. The SMILES string of the molecule is Cc1ccc(-c2c(Cl)sc3ccccc23)cc1. The number of thiophene rings is 1. The van der Waals surface area contributed by atoms with E-state index >= 15 is 0 Å². The van der Waals surface area contributed by atoms with Crippen LogP contribution in [0.4, 0.5) is 0 Å². The predicted molar refractivity (Wildman–Crippen MR) is 77.0 cm³/mol. The van der Waals surface area contributed by atoms with Gasteiger partial charge in [-0.1, -0.05) is 59.6 Å². The minimum absolute atomic E-state index is 0.870. The molecule has 3 rings (SSSR count). The average Bonchev–Trinajstić information content (AvgIpc) is 2.66. The van der Waals surface area contributed by atoms with Gasteiger partial charge in [0.05, 0.1) is 0 Å². The first-order chi connectivity index (χ1) is 8.25. The Labute approximate surface area is 109 Å². The molecule has 1 aromatic heterocycles. The zero-order valence-electron chi connectivity index (χ0n) is 9.41. The Balaban J connectivity index is 2.29. The maximum atomic E-state index is 6.36. The highest BCUT2D eigenvalue weighted by atomic mass is 35.5. The smallest absolute Gasteiger partial charge is 0.102 e. The molecule has 2 aromatic carbocycles. The molecule has 2 heteroatoms. The van der Waals surface area contributed by atoms with Gasteiger partial charge in [-0.05, 0) is 18.6 Å². The van der Waals surface area contributed by atoms with Gasteiger partial charge in [0.1, 0.15) is 4.34 Å². The van der Waals surface area contributed by atoms with E-state index in [2.05, 4.69) is 49.4 Å². The molecule has 0 spiro atoms. The fraction of sp³-hybridized carbons (Fsp3) is 0.0667. The van der Waals surface area contributed by atoms with Gasteiger partial charge in [0.25, 0.3) is 0 Å². The van der Waals surface area contributed by atoms with Gasteiger partial charge >= 0.3 is 0 Å². The van der Waals surface area contributed by atoms with E-state index in [9.17, 15) is 0 Å². The molecule has 0 bridgehead atoms. The predicted octanol–water partition coefficient (Wildman–Crippen LogP) is 5.53. The van der Waals surface area contributed by atoms with E-state index in [0.29, 0.717) is 0 Å². The van der Waals surface area contributed by atoms with Crippen LogP contribution in [0.15, 0.2) is 48.5 Å². The van der Waals surface area contributed by atoms with Crippen molar-refractivity contribution < 1.29 is 0 Å². The summed E-state index contributed by atoms with van der Waals surface area (Å²) in [5.41, 5.74) is 3.62. The van der Waals surface area contributed by atoms with Crippen molar-refractivity contribution in [2.24, 2.45) is 0 Å². The van der Waals surface area contributed by atoms with Gasteiger partial charge in [-0.2, -0.15) is 0 Å². The highest BCUT2D eigenvalue weighted by molar-refractivity contribution is 7.23. The lowest BCUT2D eigenvalue weighted by atomic mass is 10.0.